The Morgan fingerprint density at radius 2 is 2.06 bits per heavy atom. The van der Waals surface area contributed by atoms with Gasteiger partial charge in [0, 0.05) is 17.1 Å². The largest absolute Gasteiger partial charge is 0.464 e. The average Bonchev–Trinajstić information content (AvgIpc) is 2.39. The summed E-state index contributed by atoms with van der Waals surface area (Å²) in [4.78, 5) is 12.2. The predicted octanol–water partition coefficient (Wildman–Crippen LogP) is 2.40. The average molecular weight is 269 g/mol. The van der Waals surface area contributed by atoms with Crippen molar-refractivity contribution in [3.63, 3.8) is 0 Å². The number of carbonyl (C=O) groups excluding carboxylic acids is 1. The Balaban J connectivity index is 2.12. The van der Waals surface area contributed by atoms with Crippen molar-refractivity contribution < 1.29 is 14.3 Å². The Morgan fingerprint density at radius 1 is 1.33 bits per heavy atom. The number of esters is 1. The van der Waals surface area contributed by atoms with Gasteiger partial charge in [-0.2, -0.15) is 0 Å². The maximum atomic E-state index is 11.0. The molecule has 0 atom stereocenters. The summed E-state index contributed by atoms with van der Waals surface area (Å²) in [5.74, 6) is -0.318. The molecule has 0 saturated heterocycles. The van der Waals surface area contributed by atoms with Crippen LogP contribution in [-0.2, 0) is 14.3 Å². The topological polar surface area (TPSA) is 47.6 Å². The summed E-state index contributed by atoms with van der Waals surface area (Å²) >= 11 is 1.71. The third-order valence-corrected chi connectivity index (χ3v) is 2.93. The second-order valence-electron chi connectivity index (χ2n) is 3.51. The van der Waals surface area contributed by atoms with Gasteiger partial charge in [-0.1, -0.05) is 0 Å². The van der Waals surface area contributed by atoms with E-state index in [0.717, 1.165) is 5.69 Å². The smallest absolute Gasteiger partial charge is 0.332 e. The Bertz CT molecular complexity index is 354. The fourth-order valence-electron chi connectivity index (χ4n) is 1.33. The highest BCUT2D eigenvalue weighted by Gasteiger charge is 2.00. The minimum Gasteiger partial charge on any atom is -0.464 e. The van der Waals surface area contributed by atoms with Gasteiger partial charge < -0.3 is 14.8 Å². The second kappa shape index (κ2) is 8.83. The number of hydrogen-bond acceptors (Lipinski definition) is 5. The molecule has 0 radical (unpaired) electrons. The fourth-order valence-corrected chi connectivity index (χ4v) is 1.74. The lowest BCUT2D eigenvalue weighted by molar-refractivity contribution is -0.148. The van der Waals surface area contributed by atoms with Gasteiger partial charge in [-0.3, -0.25) is 0 Å². The first-order valence-electron chi connectivity index (χ1n) is 5.87. The fraction of sp³-hybridized carbons (Fsp3) is 0.462. The van der Waals surface area contributed by atoms with E-state index in [-0.39, 0.29) is 12.6 Å². The first kappa shape index (κ1) is 14.9. The van der Waals surface area contributed by atoms with E-state index in [1.807, 2.05) is 18.4 Å². The monoisotopic (exact) mass is 269 g/mol. The summed E-state index contributed by atoms with van der Waals surface area (Å²) in [5.41, 5.74) is 1.05. The van der Waals surface area contributed by atoms with Crippen LogP contribution >= 0.6 is 11.8 Å². The van der Waals surface area contributed by atoms with Gasteiger partial charge in [-0.15, -0.1) is 11.8 Å². The highest BCUT2D eigenvalue weighted by atomic mass is 32.2. The van der Waals surface area contributed by atoms with Crippen molar-refractivity contribution in [2.45, 2.75) is 11.8 Å². The van der Waals surface area contributed by atoms with Crippen LogP contribution in [-0.4, -0.2) is 38.6 Å². The SMILES string of the molecule is CCOC(=O)COCCNc1ccc(SC)cc1. The van der Waals surface area contributed by atoms with Crippen LogP contribution in [0.4, 0.5) is 5.69 Å². The molecule has 0 bridgehead atoms. The molecule has 4 nitrogen and oxygen atoms in total. The number of carbonyl (C=O) groups is 1. The number of anilines is 1. The van der Waals surface area contributed by atoms with E-state index >= 15 is 0 Å². The molecule has 0 aliphatic heterocycles. The third kappa shape index (κ3) is 5.93. The summed E-state index contributed by atoms with van der Waals surface area (Å²) in [6.45, 7) is 3.32. The van der Waals surface area contributed by atoms with Crippen LogP contribution in [0.3, 0.4) is 0 Å². The molecular weight excluding hydrogens is 250 g/mol. The predicted molar refractivity (Wildman–Crippen MR) is 74.2 cm³/mol. The number of nitrogens with one attached hydrogen (secondary N) is 1. The van der Waals surface area contributed by atoms with Crippen molar-refractivity contribution in [3.05, 3.63) is 24.3 Å². The van der Waals surface area contributed by atoms with E-state index in [2.05, 4.69) is 17.4 Å². The maximum absolute atomic E-state index is 11.0. The Hall–Kier alpha value is -1.20. The second-order valence-corrected chi connectivity index (χ2v) is 4.39. The van der Waals surface area contributed by atoms with Crippen LogP contribution in [0.15, 0.2) is 29.2 Å². The number of rotatable bonds is 8. The van der Waals surface area contributed by atoms with Crippen molar-refractivity contribution in [1.82, 2.24) is 0 Å². The summed E-state index contributed by atoms with van der Waals surface area (Å²) in [5, 5.41) is 3.22. The Labute approximate surface area is 112 Å². The first-order valence-corrected chi connectivity index (χ1v) is 7.10. The summed E-state index contributed by atoms with van der Waals surface area (Å²) < 4.78 is 9.92. The summed E-state index contributed by atoms with van der Waals surface area (Å²) in [6.07, 6.45) is 2.05. The molecule has 1 aromatic carbocycles. The molecule has 0 fully saturated rings. The van der Waals surface area contributed by atoms with E-state index < -0.39 is 0 Å². The summed E-state index contributed by atoms with van der Waals surface area (Å²) in [7, 11) is 0. The van der Waals surface area contributed by atoms with Crippen molar-refractivity contribution in [1.29, 1.82) is 0 Å². The van der Waals surface area contributed by atoms with E-state index in [9.17, 15) is 4.79 Å². The van der Waals surface area contributed by atoms with Crippen molar-refractivity contribution >= 4 is 23.4 Å². The molecule has 0 heterocycles. The Kier molecular flexibility index (Phi) is 7.29. The lowest BCUT2D eigenvalue weighted by Crippen LogP contribution is -2.16. The first-order chi connectivity index (χ1) is 8.76. The minimum absolute atomic E-state index is 0.0148. The zero-order valence-electron chi connectivity index (χ0n) is 10.8. The highest BCUT2D eigenvalue weighted by molar-refractivity contribution is 7.98. The van der Waals surface area contributed by atoms with E-state index in [4.69, 9.17) is 9.47 Å². The maximum Gasteiger partial charge on any atom is 0.332 e. The van der Waals surface area contributed by atoms with E-state index in [1.54, 1.807) is 18.7 Å². The zero-order valence-corrected chi connectivity index (χ0v) is 11.6. The Morgan fingerprint density at radius 3 is 2.67 bits per heavy atom. The van der Waals surface area contributed by atoms with Crippen molar-refractivity contribution in [2.24, 2.45) is 0 Å². The molecule has 1 rings (SSSR count). The van der Waals surface area contributed by atoms with Crippen LogP contribution < -0.4 is 5.32 Å². The van der Waals surface area contributed by atoms with E-state index in [0.29, 0.717) is 19.8 Å². The molecule has 0 amide bonds. The molecule has 0 saturated carbocycles. The van der Waals surface area contributed by atoms with Gasteiger partial charge in [-0.25, -0.2) is 4.79 Å². The van der Waals surface area contributed by atoms with Crippen LogP contribution in [0.5, 0.6) is 0 Å². The molecule has 0 aliphatic rings. The van der Waals surface area contributed by atoms with Crippen LogP contribution in [0.1, 0.15) is 6.92 Å². The minimum atomic E-state index is -0.318. The lowest BCUT2D eigenvalue weighted by Gasteiger charge is -2.07. The van der Waals surface area contributed by atoms with Crippen LogP contribution in [0, 0.1) is 0 Å². The van der Waals surface area contributed by atoms with Gasteiger partial charge in [0.2, 0.25) is 0 Å². The summed E-state index contributed by atoms with van der Waals surface area (Å²) in [6, 6.07) is 8.17. The molecule has 0 aromatic heterocycles. The van der Waals surface area contributed by atoms with Crippen molar-refractivity contribution in [3.8, 4) is 0 Å². The van der Waals surface area contributed by atoms with E-state index in [1.165, 1.54) is 4.90 Å². The zero-order chi connectivity index (χ0) is 13.2. The molecule has 0 aliphatic carbocycles. The lowest BCUT2D eigenvalue weighted by atomic mass is 10.3. The number of hydrogen-bond donors (Lipinski definition) is 1. The van der Waals surface area contributed by atoms with Gasteiger partial charge in [0.05, 0.1) is 13.2 Å². The number of benzene rings is 1. The molecular formula is C13H19NO3S. The van der Waals surface area contributed by atoms with Crippen molar-refractivity contribution in [2.75, 3.05) is 37.9 Å². The number of thioether (sulfide) groups is 1. The molecule has 100 valence electrons. The normalized spacial score (nSPS) is 10.1. The standard InChI is InChI=1S/C13H19NO3S/c1-3-17-13(15)10-16-9-8-14-11-4-6-12(18-2)7-5-11/h4-7,14H,3,8-10H2,1-2H3. The highest BCUT2D eigenvalue weighted by Crippen LogP contribution is 2.17. The third-order valence-electron chi connectivity index (χ3n) is 2.19. The molecule has 1 N–H and O–H groups in total. The molecule has 0 unspecified atom stereocenters. The van der Waals surface area contributed by atoms with Crippen LogP contribution in [0.25, 0.3) is 0 Å². The van der Waals surface area contributed by atoms with Gasteiger partial charge in [0.15, 0.2) is 0 Å². The van der Waals surface area contributed by atoms with Gasteiger partial charge in [0.25, 0.3) is 0 Å². The van der Waals surface area contributed by atoms with Crippen LogP contribution in [0.2, 0.25) is 0 Å². The van der Waals surface area contributed by atoms with Gasteiger partial charge in [-0.05, 0) is 37.4 Å². The molecule has 1 aromatic rings. The molecule has 0 spiro atoms. The molecule has 5 heteroatoms. The number of ether oxygens (including phenoxy) is 2. The molecule has 18 heavy (non-hydrogen) atoms. The van der Waals surface area contributed by atoms with Gasteiger partial charge >= 0.3 is 5.97 Å². The van der Waals surface area contributed by atoms with Gasteiger partial charge in [0.1, 0.15) is 6.61 Å². The quantitative estimate of drug-likeness (QED) is 0.446.